The molecule has 0 unspecified atom stereocenters. The summed E-state index contributed by atoms with van der Waals surface area (Å²) < 4.78 is 4.72. The maximum atomic E-state index is 11.7. The Morgan fingerprint density at radius 2 is 2.21 bits per heavy atom. The fourth-order valence-electron chi connectivity index (χ4n) is 1.88. The number of ether oxygens (including phenoxy) is 1. The molecule has 0 aromatic heterocycles. The maximum Gasteiger partial charge on any atom is 0.328 e. The van der Waals surface area contributed by atoms with Crippen LogP contribution in [0.2, 0.25) is 0 Å². The molecule has 1 aliphatic heterocycles. The highest BCUT2D eigenvalue weighted by molar-refractivity contribution is 5.86. The van der Waals surface area contributed by atoms with Crippen LogP contribution >= 0.6 is 0 Å². The molecular formula is C12H12N2O5. The molecule has 7 heteroatoms. The van der Waals surface area contributed by atoms with Crippen LogP contribution in [0, 0.1) is 10.1 Å². The largest absolute Gasteiger partial charge is 0.464 e. The molecule has 0 saturated carbocycles. The Morgan fingerprint density at radius 1 is 1.47 bits per heavy atom. The standard InChI is InChI=1S/C12H12N2O5/c15-11(13-9-5-6-19-12(9)16)7-8-3-1-2-4-10(8)14(17)18/h1-4,9H,5-7H2,(H,13,15)/t9-/m1/s1. The average Bonchev–Trinajstić information content (AvgIpc) is 2.75. The summed E-state index contributed by atoms with van der Waals surface area (Å²) in [5.74, 6) is -0.894. The molecule has 1 aromatic carbocycles. The van der Waals surface area contributed by atoms with Crippen LogP contribution in [0.15, 0.2) is 24.3 Å². The minimum atomic E-state index is -0.643. The minimum Gasteiger partial charge on any atom is -0.464 e. The minimum absolute atomic E-state index is 0.105. The van der Waals surface area contributed by atoms with Crippen LogP contribution in [0.3, 0.4) is 0 Å². The van der Waals surface area contributed by atoms with Gasteiger partial charge in [0.2, 0.25) is 5.91 Å². The van der Waals surface area contributed by atoms with E-state index in [1.165, 1.54) is 18.2 Å². The zero-order valence-electron chi connectivity index (χ0n) is 10.00. The number of hydrogen-bond donors (Lipinski definition) is 1. The van der Waals surface area contributed by atoms with Crippen LogP contribution in [0.4, 0.5) is 5.69 Å². The molecule has 1 aromatic rings. The van der Waals surface area contributed by atoms with E-state index in [0.717, 1.165) is 0 Å². The number of carbonyl (C=O) groups is 2. The van der Waals surface area contributed by atoms with Crippen molar-refractivity contribution in [2.45, 2.75) is 18.9 Å². The van der Waals surface area contributed by atoms with Crippen molar-refractivity contribution in [2.75, 3.05) is 6.61 Å². The van der Waals surface area contributed by atoms with Gasteiger partial charge in [0, 0.05) is 18.1 Å². The monoisotopic (exact) mass is 264 g/mol. The molecule has 1 saturated heterocycles. The summed E-state index contributed by atoms with van der Waals surface area (Å²) in [6.45, 7) is 0.287. The quantitative estimate of drug-likeness (QED) is 0.487. The number of nitro groups is 1. The summed E-state index contributed by atoms with van der Waals surface area (Å²) in [6, 6.07) is 5.38. The van der Waals surface area contributed by atoms with Gasteiger partial charge in [0.15, 0.2) is 0 Å². The smallest absolute Gasteiger partial charge is 0.328 e. The van der Waals surface area contributed by atoms with Gasteiger partial charge in [-0.25, -0.2) is 4.79 Å². The SMILES string of the molecule is O=C(Cc1ccccc1[N+](=O)[O-])N[C@@H]1CCOC1=O. The lowest BCUT2D eigenvalue weighted by Crippen LogP contribution is -2.38. The van der Waals surface area contributed by atoms with Gasteiger partial charge in [0.1, 0.15) is 6.04 Å². The number of benzene rings is 1. The predicted octanol–water partition coefficient (Wildman–Crippen LogP) is 0.569. The third-order valence-corrected chi connectivity index (χ3v) is 2.81. The van der Waals surface area contributed by atoms with Crippen molar-refractivity contribution >= 4 is 17.6 Å². The number of nitro benzene ring substituents is 1. The van der Waals surface area contributed by atoms with Crippen molar-refractivity contribution < 1.29 is 19.2 Å². The Balaban J connectivity index is 2.03. The number of carbonyl (C=O) groups excluding carboxylic acids is 2. The third kappa shape index (κ3) is 3.06. The van der Waals surface area contributed by atoms with Gasteiger partial charge < -0.3 is 10.1 Å². The molecule has 1 heterocycles. The molecule has 1 amide bonds. The third-order valence-electron chi connectivity index (χ3n) is 2.81. The first-order valence-corrected chi connectivity index (χ1v) is 5.76. The molecule has 2 rings (SSSR count). The van der Waals surface area contributed by atoms with Crippen molar-refractivity contribution in [3.63, 3.8) is 0 Å². The molecule has 1 N–H and O–H groups in total. The van der Waals surface area contributed by atoms with Crippen molar-refractivity contribution in [1.29, 1.82) is 0 Å². The summed E-state index contributed by atoms with van der Waals surface area (Å²) in [7, 11) is 0. The Kier molecular flexibility index (Phi) is 3.74. The molecule has 0 radical (unpaired) electrons. The maximum absolute atomic E-state index is 11.7. The molecule has 19 heavy (non-hydrogen) atoms. The van der Waals surface area contributed by atoms with E-state index in [1.54, 1.807) is 6.07 Å². The predicted molar refractivity (Wildman–Crippen MR) is 64.3 cm³/mol. The van der Waals surface area contributed by atoms with E-state index < -0.39 is 22.8 Å². The summed E-state index contributed by atoms with van der Waals surface area (Å²) >= 11 is 0. The van der Waals surface area contributed by atoms with E-state index in [2.05, 4.69) is 5.32 Å². The number of cyclic esters (lactones) is 1. The molecule has 1 aliphatic rings. The second kappa shape index (κ2) is 5.47. The average molecular weight is 264 g/mol. The van der Waals surface area contributed by atoms with Gasteiger partial charge in [-0.15, -0.1) is 0 Å². The molecule has 100 valence electrons. The number of nitrogens with one attached hydrogen (secondary N) is 1. The van der Waals surface area contributed by atoms with Crippen molar-refractivity contribution in [2.24, 2.45) is 0 Å². The number of hydrogen-bond acceptors (Lipinski definition) is 5. The van der Waals surface area contributed by atoms with Crippen LogP contribution in [-0.2, 0) is 20.7 Å². The molecule has 7 nitrogen and oxygen atoms in total. The summed E-state index contributed by atoms with van der Waals surface area (Å²) in [5, 5.41) is 13.3. The lowest BCUT2D eigenvalue weighted by atomic mass is 10.1. The first-order valence-electron chi connectivity index (χ1n) is 5.76. The highest BCUT2D eigenvalue weighted by Crippen LogP contribution is 2.18. The fraction of sp³-hybridized carbons (Fsp3) is 0.333. The van der Waals surface area contributed by atoms with Crippen molar-refractivity contribution in [3.8, 4) is 0 Å². The second-order valence-electron chi connectivity index (χ2n) is 4.14. The van der Waals surface area contributed by atoms with E-state index in [1.807, 2.05) is 0 Å². The molecule has 1 atom stereocenters. The van der Waals surface area contributed by atoms with Crippen LogP contribution in [0.25, 0.3) is 0 Å². The van der Waals surface area contributed by atoms with Gasteiger partial charge >= 0.3 is 5.97 Å². The lowest BCUT2D eigenvalue weighted by Gasteiger charge is -2.08. The first kappa shape index (κ1) is 13.0. The lowest BCUT2D eigenvalue weighted by molar-refractivity contribution is -0.385. The van der Waals surface area contributed by atoms with Gasteiger partial charge in [0.05, 0.1) is 18.0 Å². The Bertz CT molecular complexity index is 529. The zero-order chi connectivity index (χ0) is 13.8. The number of rotatable bonds is 4. The van der Waals surface area contributed by atoms with Crippen LogP contribution in [0.5, 0.6) is 0 Å². The first-order chi connectivity index (χ1) is 9.08. The normalized spacial score (nSPS) is 17.9. The van der Waals surface area contributed by atoms with Gasteiger partial charge in [-0.3, -0.25) is 14.9 Å². The van der Waals surface area contributed by atoms with E-state index in [0.29, 0.717) is 12.0 Å². The van der Waals surface area contributed by atoms with Crippen molar-refractivity contribution in [3.05, 3.63) is 39.9 Å². The Hall–Kier alpha value is -2.44. The number of esters is 1. The number of para-hydroxylation sites is 1. The van der Waals surface area contributed by atoms with Gasteiger partial charge in [-0.2, -0.15) is 0 Å². The number of nitrogens with zero attached hydrogens (tertiary/aromatic N) is 1. The Labute approximate surface area is 108 Å². The topological polar surface area (TPSA) is 98.5 Å². The molecule has 0 aliphatic carbocycles. The van der Waals surface area contributed by atoms with E-state index in [-0.39, 0.29) is 18.7 Å². The summed E-state index contributed by atoms with van der Waals surface area (Å²) in [6.07, 6.45) is 0.294. The van der Waals surface area contributed by atoms with Crippen LogP contribution in [-0.4, -0.2) is 29.4 Å². The van der Waals surface area contributed by atoms with Gasteiger partial charge in [-0.05, 0) is 0 Å². The Morgan fingerprint density at radius 3 is 2.84 bits per heavy atom. The molecule has 0 bridgehead atoms. The summed E-state index contributed by atoms with van der Waals surface area (Å²) in [4.78, 5) is 33.2. The van der Waals surface area contributed by atoms with Crippen molar-refractivity contribution in [1.82, 2.24) is 5.32 Å². The van der Waals surface area contributed by atoms with E-state index in [9.17, 15) is 19.7 Å². The van der Waals surface area contributed by atoms with E-state index in [4.69, 9.17) is 4.74 Å². The zero-order valence-corrected chi connectivity index (χ0v) is 10.00. The molecule has 1 fully saturated rings. The summed E-state index contributed by atoms with van der Waals surface area (Å²) in [5.41, 5.74) is 0.211. The van der Waals surface area contributed by atoms with E-state index >= 15 is 0 Å². The second-order valence-corrected chi connectivity index (χ2v) is 4.14. The molecule has 0 spiro atoms. The van der Waals surface area contributed by atoms with Gasteiger partial charge in [-0.1, -0.05) is 18.2 Å². The highest BCUT2D eigenvalue weighted by atomic mass is 16.6. The van der Waals surface area contributed by atoms with Crippen LogP contribution < -0.4 is 5.32 Å². The highest BCUT2D eigenvalue weighted by Gasteiger charge is 2.28. The fourth-order valence-corrected chi connectivity index (χ4v) is 1.88. The number of amides is 1. The molecular weight excluding hydrogens is 252 g/mol. The van der Waals surface area contributed by atoms with Gasteiger partial charge in [0.25, 0.3) is 5.69 Å². The van der Waals surface area contributed by atoms with Crippen LogP contribution in [0.1, 0.15) is 12.0 Å².